The van der Waals surface area contributed by atoms with Gasteiger partial charge < -0.3 is 0 Å². The first-order chi connectivity index (χ1) is 6.02. The third-order valence-electron chi connectivity index (χ3n) is 1.81. The fourth-order valence-electron chi connectivity index (χ4n) is 1.15. The second kappa shape index (κ2) is 3.51. The van der Waals surface area contributed by atoms with Crippen molar-refractivity contribution in [1.82, 2.24) is 0 Å². The van der Waals surface area contributed by atoms with Crippen LogP contribution in [0.2, 0.25) is 0 Å². The second-order valence-electron chi connectivity index (χ2n) is 3.11. The molecule has 0 amide bonds. The third-order valence-corrected chi connectivity index (χ3v) is 1.81. The summed E-state index contributed by atoms with van der Waals surface area (Å²) in [5.74, 6) is -0.481. The van der Waals surface area contributed by atoms with Gasteiger partial charge in [0.05, 0.1) is 4.92 Å². The molecule has 1 rings (SSSR count). The summed E-state index contributed by atoms with van der Waals surface area (Å²) in [6.07, 6.45) is 0. The fraction of sp³-hybridized carbons (Fsp3) is 0.333. The Morgan fingerprint density at radius 2 is 2.08 bits per heavy atom. The van der Waals surface area contributed by atoms with Gasteiger partial charge in [-0.1, -0.05) is 13.8 Å². The molecule has 0 atom stereocenters. The molecule has 13 heavy (non-hydrogen) atoms. The van der Waals surface area contributed by atoms with Crippen molar-refractivity contribution in [2.45, 2.75) is 19.8 Å². The SMILES string of the molecule is CC(C)c1cc(F)ccc1[N+](=O)[O-]. The molecule has 70 valence electrons. The molecule has 0 bridgehead atoms. The fourth-order valence-corrected chi connectivity index (χ4v) is 1.15. The molecule has 4 heteroatoms. The highest BCUT2D eigenvalue weighted by molar-refractivity contribution is 5.42. The third kappa shape index (κ3) is 2.02. The van der Waals surface area contributed by atoms with E-state index in [1.165, 1.54) is 12.1 Å². The van der Waals surface area contributed by atoms with Gasteiger partial charge in [-0.25, -0.2) is 4.39 Å². The first-order valence-corrected chi connectivity index (χ1v) is 3.96. The van der Waals surface area contributed by atoms with Gasteiger partial charge in [0.15, 0.2) is 0 Å². The number of nitro benzene ring substituents is 1. The van der Waals surface area contributed by atoms with Crippen molar-refractivity contribution in [3.05, 3.63) is 39.7 Å². The zero-order valence-electron chi connectivity index (χ0n) is 7.45. The molecule has 0 spiro atoms. The molecule has 0 radical (unpaired) electrons. The Hall–Kier alpha value is -1.45. The summed E-state index contributed by atoms with van der Waals surface area (Å²) in [6, 6.07) is 3.51. The minimum atomic E-state index is -0.491. The highest BCUT2D eigenvalue weighted by atomic mass is 19.1. The summed E-state index contributed by atoms with van der Waals surface area (Å²) in [6.45, 7) is 3.59. The second-order valence-corrected chi connectivity index (χ2v) is 3.11. The molecule has 0 saturated heterocycles. The molecule has 0 unspecified atom stereocenters. The number of nitrogens with zero attached hydrogens (tertiary/aromatic N) is 1. The van der Waals surface area contributed by atoms with E-state index in [1.807, 2.05) is 0 Å². The summed E-state index contributed by atoms with van der Waals surface area (Å²) in [7, 11) is 0. The maximum atomic E-state index is 12.7. The van der Waals surface area contributed by atoms with Crippen molar-refractivity contribution >= 4 is 5.69 Å². The monoisotopic (exact) mass is 183 g/mol. The van der Waals surface area contributed by atoms with E-state index in [1.54, 1.807) is 13.8 Å². The molecular formula is C9H10FNO2. The van der Waals surface area contributed by atoms with Gasteiger partial charge in [0.25, 0.3) is 5.69 Å². The molecule has 3 nitrogen and oxygen atoms in total. The average molecular weight is 183 g/mol. The Labute approximate surface area is 75.3 Å². The topological polar surface area (TPSA) is 43.1 Å². The standard InChI is InChI=1S/C9H10FNO2/c1-6(2)8-5-7(10)3-4-9(8)11(12)13/h3-6H,1-2H3. The van der Waals surface area contributed by atoms with Gasteiger partial charge in [-0.2, -0.15) is 0 Å². The molecule has 0 aliphatic heterocycles. The summed E-state index contributed by atoms with van der Waals surface area (Å²) < 4.78 is 12.7. The quantitative estimate of drug-likeness (QED) is 0.522. The lowest BCUT2D eigenvalue weighted by molar-refractivity contribution is -0.385. The lowest BCUT2D eigenvalue weighted by atomic mass is 10.0. The predicted octanol–water partition coefficient (Wildman–Crippen LogP) is 2.86. The number of nitro groups is 1. The first-order valence-electron chi connectivity index (χ1n) is 3.96. The molecule has 0 fully saturated rings. The van der Waals surface area contributed by atoms with E-state index in [0.717, 1.165) is 6.07 Å². The average Bonchev–Trinajstić information content (AvgIpc) is 2.03. The summed E-state index contributed by atoms with van der Waals surface area (Å²) in [4.78, 5) is 10.0. The van der Waals surface area contributed by atoms with Crippen LogP contribution < -0.4 is 0 Å². The maximum Gasteiger partial charge on any atom is 0.273 e. The highest BCUT2D eigenvalue weighted by Gasteiger charge is 2.16. The van der Waals surface area contributed by atoms with Crippen molar-refractivity contribution in [2.24, 2.45) is 0 Å². The molecule has 0 heterocycles. The highest BCUT2D eigenvalue weighted by Crippen LogP contribution is 2.26. The Kier molecular flexibility index (Phi) is 2.60. The summed E-state index contributed by atoms with van der Waals surface area (Å²) >= 11 is 0. The van der Waals surface area contributed by atoms with Crippen LogP contribution >= 0.6 is 0 Å². The van der Waals surface area contributed by atoms with Crippen LogP contribution in [-0.2, 0) is 0 Å². The lowest BCUT2D eigenvalue weighted by Gasteiger charge is -2.05. The van der Waals surface area contributed by atoms with Crippen molar-refractivity contribution in [3.8, 4) is 0 Å². The first kappa shape index (κ1) is 9.64. The van der Waals surface area contributed by atoms with Gasteiger partial charge in [-0.05, 0) is 18.1 Å². The zero-order valence-corrected chi connectivity index (χ0v) is 7.45. The van der Waals surface area contributed by atoms with Crippen LogP contribution in [0.1, 0.15) is 25.3 Å². The number of halogens is 1. The molecule has 0 saturated carbocycles. The van der Waals surface area contributed by atoms with Crippen molar-refractivity contribution in [1.29, 1.82) is 0 Å². The summed E-state index contributed by atoms with van der Waals surface area (Å²) in [5.41, 5.74) is 0.418. The molecule has 0 aliphatic rings. The van der Waals surface area contributed by atoms with E-state index in [4.69, 9.17) is 0 Å². The summed E-state index contributed by atoms with van der Waals surface area (Å²) in [5, 5.41) is 10.5. The van der Waals surface area contributed by atoms with Gasteiger partial charge in [0, 0.05) is 11.6 Å². The molecule has 0 aliphatic carbocycles. The minimum Gasteiger partial charge on any atom is -0.258 e. The van der Waals surface area contributed by atoms with E-state index in [9.17, 15) is 14.5 Å². The minimum absolute atomic E-state index is 0.0172. The number of rotatable bonds is 2. The van der Waals surface area contributed by atoms with Gasteiger partial charge in [0.1, 0.15) is 5.82 Å². The maximum absolute atomic E-state index is 12.7. The van der Waals surface area contributed by atoms with Crippen molar-refractivity contribution < 1.29 is 9.31 Å². The van der Waals surface area contributed by atoms with Crippen LogP contribution in [-0.4, -0.2) is 4.92 Å². The van der Waals surface area contributed by atoms with Gasteiger partial charge in [0.2, 0.25) is 0 Å². The van der Waals surface area contributed by atoms with Crippen molar-refractivity contribution in [3.63, 3.8) is 0 Å². The molecule has 1 aromatic carbocycles. The lowest BCUT2D eigenvalue weighted by Crippen LogP contribution is -1.97. The number of benzene rings is 1. The predicted molar refractivity (Wildman–Crippen MR) is 47.1 cm³/mol. The number of hydrogen-bond acceptors (Lipinski definition) is 2. The Bertz CT molecular complexity index is 336. The van der Waals surface area contributed by atoms with Crippen LogP contribution in [0.5, 0.6) is 0 Å². The van der Waals surface area contributed by atoms with Crippen LogP contribution in [0.4, 0.5) is 10.1 Å². The Morgan fingerprint density at radius 3 is 2.54 bits per heavy atom. The van der Waals surface area contributed by atoms with E-state index >= 15 is 0 Å². The van der Waals surface area contributed by atoms with Crippen LogP contribution in [0.25, 0.3) is 0 Å². The normalized spacial score (nSPS) is 10.5. The molecule has 0 N–H and O–H groups in total. The Morgan fingerprint density at radius 1 is 1.46 bits per heavy atom. The zero-order chi connectivity index (χ0) is 10.0. The molecule has 1 aromatic rings. The van der Waals surface area contributed by atoms with Gasteiger partial charge in [-0.15, -0.1) is 0 Å². The van der Waals surface area contributed by atoms with Crippen LogP contribution in [0.3, 0.4) is 0 Å². The largest absolute Gasteiger partial charge is 0.273 e. The Balaban J connectivity index is 3.26. The van der Waals surface area contributed by atoms with E-state index in [2.05, 4.69) is 0 Å². The van der Waals surface area contributed by atoms with Gasteiger partial charge >= 0.3 is 0 Å². The van der Waals surface area contributed by atoms with E-state index < -0.39 is 10.7 Å². The number of hydrogen-bond donors (Lipinski definition) is 0. The van der Waals surface area contributed by atoms with Crippen LogP contribution in [0, 0.1) is 15.9 Å². The van der Waals surface area contributed by atoms with E-state index in [-0.39, 0.29) is 11.6 Å². The smallest absolute Gasteiger partial charge is 0.258 e. The molecular weight excluding hydrogens is 173 g/mol. The van der Waals surface area contributed by atoms with Gasteiger partial charge in [-0.3, -0.25) is 10.1 Å². The molecule has 0 aromatic heterocycles. The van der Waals surface area contributed by atoms with Crippen molar-refractivity contribution in [2.75, 3.05) is 0 Å². The van der Waals surface area contributed by atoms with Crippen LogP contribution in [0.15, 0.2) is 18.2 Å². The van der Waals surface area contributed by atoms with E-state index in [0.29, 0.717) is 5.56 Å².